The fourth-order valence-electron chi connectivity index (χ4n) is 2.48. The molecule has 2 heterocycles. The van der Waals surface area contributed by atoms with Gasteiger partial charge in [-0.05, 0) is 30.2 Å². The van der Waals surface area contributed by atoms with Crippen LogP contribution in [0.1, 0.15) is 29.9 Å². The quantitative estimate of drug-likeness (QED) is 0.839. The second kappa shape index (κ2) is 5.51. The molecule has 1 atom stereocenters. The van der Waals surface area contributed by atoms with Crippen LogP contribution in [0.3, 0.4) is 0 Å². The third-order valence-corrected chi connectivity index (χ3v) is 3.43. The molecule has 1 aromatic heterocycles. The number of benzene rings is 1. The molecule has 0 amide bonds. The van der Waals surface area contributed by atoms with Crippen LogP contribution in [0.15, 0.2) is 42.7 Å². The molecule has 0 spiro atoms. The fourth-order valence-corrected chi connectivity index (χ4v) is 2.48. The lowest BCUT2D eigenvalue weighted by molar-refractivity contribution is 0.352. The van der Waals surface area contributed by atoms with Crippen molar-refractivity contribution in [1.82, 2.24) is 15.3 Å². The number of ether oxygens (including phenoxy) is 1. The van der Waals surface area contributed by atoms with Gasteiger partial charge in [0.2, 0.25) is 0 Å². The van der Waals surface area contributed by atoms with E-state index in [1.54, 1.807) is 6.33 Å². The van der Waals surface area contributed by atoms with E-state index < -0.39 is 0 Å². The highest BCUT2D eigenvalue weighted by Crippen LogP contribution is 2.28. The summed E-state index contributed by atoms with van der Waals surface area (Å²) in [6.45, 7) is 7.32. The lowest BCUT2D eigenvalue weighted by atomic mass is 9.98. The van der Waals surface area contributed by atoms with Gasteiger partial charge in [-0.3, -0.25) is 0 Å². The predicted octanol–water partition coefficient (Wildman–Crippen LogP) is 2.60. The van der Waals surface area contributed by atoms with E-state index in [2.05, 4.69) is 34.0 Å². The van der Waals surface area contributed by atoms with Gasteiger partial charge in [-0.1, -0.05) is 18.7 Å². The molecule has 1 aliphatic rings. The Balaban J connectivity index is 1.85. The zero-order chi connectivity index (χ0) is 13.9. The van der Waals surface area contributed by atoms with Crippen LogP contribution in [0, 0.1) is 0 Å². The molecule has 4 nitrogen and oxygen atoms in total. The zero-order valence-corrected chi connectivity index (χ0v) is 11.6. The molecule has 0 saturated heterocycles. The van der Waals surface area contributed by atoms with E-state index in [1.165, 1.54) is 11.3 Å². The molecule has 104 valence electrons. The SMILES string of the molecule is C=C(C)COc1cccc(C2NCCc3[nH]cnc32)c1. The Hall–Kier alpha value is -2.07. The van der Waals surface area contributed by atoms with Gasteiger partial charge >= 0.3 is 0 Å². The molecule has 0 fully saturated rings. The van der Waals surface area contributed by atoms with E-state index >= 15 is 0 Å². The minimum Gasteiger partial charge on any atom is -0.489 e. The molecule has 0 aliphatic carbocycles. The van der Waals surface area contributed by atoms with Gasteiger partial charge in [0.15, 0.2) is 0 Å². The summed E-state index contributed by atoms with van der Waals surface area (Å²) in [5, 5.41) is 3.51. The topological polar surface area (TPSA) is 49.9 Å². The highest BCUT2D eigenvalue weighted by molar-refractivity contribution is 5.37. The first-order valence-electron chi connectivity index (χ1n) is 6.86. The third-order valence-electron chi connectivity index (χ3n) is 3.43. The number of H-pyrrole nitrogens is 1. The first-order chi connectivity index (χ1) is 9.74. The number of rotatable bonds is 4. The zero-order valence-electron chi connectivity index (χ0n) is 11.6. The van der Waals surface area contributed by atoms with Gasteiger partial charge in [-0.25, -0.2) is 4.98 Å². The number of nitrogens with zero attached hydrogens (tertiary/aromatic N) is 1. The monoisotopic (exact) mass is 269 g/mol. The van der Waals surface area contributed by atoms with Crippen molar-refractivity contribution < 1.29 is 4.74 Å². The fraction of sp³-hybridized carbons (Fsp3) is 0.312. The van der Waals surface area contributed by atoms with Crippen molar-refractivity contribution in [1.29, 1.82) is 0 Å². The van der Waals surface area contributed by atoms with Crippen LogP contribution in [0.5, 0.6) is 5.75 Å². The van der Waals surface area contributed by atoms with Crippen molar-refractivity contribution in [3.8, 4) is 5.75 Å². The third kappa shape index (κ3) is 2.60. The smallest absolute Gasteiger partial charge is 0.120 e. The first kappa shape index (κ1) is 12.9. The molecular formula is C16H19N3O. The molecule has 0 saturated carbocycles. The minimum absolute atomic E-state index is 0.137. The van der Waals surface area contributed by atoms with Crippen LogP contribution in [-0.4, -0.2) is 23.1 Å². The largest absolute Gasteiger partial charge is 0.489 e. The Kier molecular flexibility index (Phi) is 3.56. The molecule has 0 bridgehead atoms. The number of aromatic amines is 1. The van der Waals surface area contributed by atoms with Crippen LogP contribution in [0.2, 0.25) is 0 Å². The average Bonchev–Trinajstić information content (AvgIpc) is 2.93. The van der Waals surface area contributed by atoms with Gasteiger partial charge in [0, 0.05) is 18.7 Å². The Labute approximate surface area is 118 Å². The highest BCUT2D eigenvalue weighted by atomic mass is 16.5. The normalized spacial score (nSPS) is 17.6. The van der Waals surface area contributed by atoms with Gasteiger partial charge in [-0.2, -0.15) is 0 Å². The Morgan fingerprint density at radius 2 is 2.40 bits per heavy atom. The van der Waals surface area contributed by atoms with Crippen molar-refractivity contribution in [3.05, 3.63) is 59.7 Å². The standard InChI is InChI=1S/C16H19N3O/c1-11(2)9-20-13-5-3-4-12(8-13)15-16-14(6-7-17-15)18-10-19-16/h3-5,8,10,15,17H,1,6-7,9H2,2H3,(H,18,19). The summed E-state index contributed by atoms with van der Waals surface area (Å²) in [5.41, 5.74) is 4.51. The van der Waals surface area contributed by atoms with Crippen molar-refractivity contribution in [3.63, 3.8) is 0 Å². The summed E-state index contributed by atoms with van der Waals surface area (Å²) in [6.07, 6.45) is 2.77. The van der Waals surface area contributed by atoms with Gasteiger partial charge < -0.3 is 15.0 Å². The van der Waals surface area contributed by atoms with Crippen LogP contribution in [0.25, 0.3) is 0 Å². The maximum atomic E-state index is 5.71. The van der Waals surface area contributed by atoms with Crippen molar-refractivity contribution in [2.24, 2.45) is 0 Å². The number of hydrogen-bond acceptors (Lipinski definition) is 3. The van der Waals surface area contributed by atoms with E-state index in [9.17, 15) is 0 Å². The van der Waals surface area contributed by atoms with Crippen molar-refractivity contribution in [2.75, 3.05) is 13.2 Å². The number of aromatic nitrogens is 2. The highest BCUT2D eigenvalue weighted by Gasteiger charge is 2.23. The van der Waals surface area contributed by atoms with Gasteiger partial charge in [0.1, 0.15) is 12.4 Å². The first-order valence-corrected chi connectivity index (χ1v) is 6.86. The maximum Gasteiger partial charge on any atom is 0.120 e. The van der Waals surface area contributed by atoms with E-state index in [0.29, 0.717) is 6.61 Å². The summed E-state index contributed by atoms with van der Waals surface area (Å²) < 4.78 is 5.71. The molecule has 2 aromatic rings. The Morgan fingerprint density at radius 3 is 3.25 bits per heavy atom. The molecule has 20 heavy (non-hydrogen) atoms. The van der Waals surface area contributed by atoms with Crippen LogP contribution >= 0.6 is 0 Å². The van der Waals surface area contributed by atoms with Crippen LogP contribution in [0.4, 0.5) is 0 Å². The molecule has 0 radical (unpaired) electrons. The number of imidazole rings is 1. The second-order valence-corrected chi connectivity index (χ2v) is 5.22. The van der Waals surface area contributed by atoms with Crippen molar-refractivity contribution in [2.45, 2.75) is 19.4 Å². The lowest BCUT2D eigenvalue weighted by Crippen LogP contribution is -2.30. The molecule has 3 rings (SSSR count). The predicted molar refractivity (Wildman–Crippen MR) is 78.9 cm³/mol. The number of nitrogens with one attached hydrogen (secondary N) is 2. The van der Waals surface area contributed by atoms with Gasteiger partial charge in [0.05, 0.1) is 18.1 Å². The molecule has 1 unspecified atom stereocenters. The van der Waals surface area contributed by atoms with E-state index in [-0.39, 0.29) is 6.04 Å². The van der Waals surface area contributed by atoms with Gasteiger partial charge in [0.25, 0.3) is 0 Å². The van der Waals surface area contributed by atoms with E-state index in [4.69, 9.17) is 4.74 Å². The molecule has 1 aromatic carbocycles. The van der Waals surface area contributed by atoms with Crippen LogP contribution in [-0.2, 0) is 6.42 Å². The summed E-state index contributed by atoms with van der Waals surface area (Å²) in [4.78, 5) is 7.66. The van der Waals surface area contributed by atoms with Gasteiger partial charge in [-0.15, -0.1) is 0 Å². The summed E-state index contributed by atoms with van der Waals surface area (Å²) in [7, 11) is 0. The Morgan fingerprint density at radius 1 is 1.50 bits per heavy atom. The molecule has 1 aliphatic heterocycles. The Bertz CT molecular complexity index is 618. The minimum atomic E-state index is 0.137. The number of fused-ring (bicyclic) bond motifs is 1. The molecule has 2 N–H and O–H groups in total. The molecular weight excluding hydrogens is 250 g/mol. The van der Waals surface area contributed by atoms with Crippen molar-refractivity contribution >= 4 is 0 Å². The summed E-state index contributed by atoms with van der Waals surface area (Å²) in [5.74, 6) is 0.870. The van der Waals surface area contributed by atoms with E-state index in [1.807, 2.05) is 19.1 Å². The lowest BCUT2D eigenvalue weighted by Gasteiger charge is -2.23. The average molecular weight is 269 g/mol. The van der Waals surface area contributed by atoms with Crippen LogP contribution < -0.4 is 10.1 Å². The number of hydrogen-bond donors (Lipinski definition) is 2. The second-order valence-electron chi connectivity index (χ2n) is 5.22. The maximum absolute atomic E-state index is 5.71. The summed E-state index contributed by atoms with van der Waals surface area (Å²) >= 11 is 0. The van der Waals surface area contributed by atoms with E-state index in [0.717, 1.165) is 30.0 Å². The molecule has 4 heteroatoms. The summed E-state index contributed by atoms with van der Waals surface area (Å²) in [6, 6.07) is 8.31.